The second-order valence-corrected chi connectivity index (χ2v) is 6.07. The van der Waals surface area contributed by atoms with E-state index in [1.807, 2.05) is 6.07 Å². The molecule has 0 aliphatic heterocycles. The number of unbranched alkanes of at least 4 members (excludes halogenated alkanes) is 1. The Labute approximate surface area is 159 Å². The van der Waals surface area contributed by atoms with Crippen LogP contribution in [-0.4, -0.2) is 36.7 Å². The lowest BCUT2D eigenvalue weighted by atomic mass is 10.2. The lowest BCUT2D eigenvalue weighted by molar-refractivity contribution is -0.121. The van der Waals surface area contributed by atoms with Crippen LogP contribution in [0.2, 0.25) is 0 Å². The molecule has 0 spiro atoms. The van der Waals surface area contributed by atoms with Gasteiger partial charge >= 0.3 is 0 Å². The highest BCUT2D eigenvalue weighted by Crippen LogP contribution is 2.07. The highest BCUT2D eigenvalue weighted by molar-refractivity contribution is 5.92. The first-order valence-electron chi connectivity index (χ1n) is 8.61. The third-order valence-electron chi connectivity index (χ3n) is 3.91. The number of hydrogen-bond acceptors (Lipinski definition) is 8. The molecule has 0 aliphatic carbocycles. The van der Waals surface area contributed by atoms with Crippen LogP contribution in [0.3, 0.4) is 0 Å². The van der Waals surface area contributed by atoms with Gasteiger partial charge in [0.05, 0.1) is 30.7 Å². The van der Waals surface area contributed by atoms with E-state index in [1.54, 1.807) is 29.9 Å². The molecule has 3 heterocycles. The largest absolute Gasteiger partial charge is 0.352 e. The van der Waals surface area contributed by atoms with Crippen molar-refractivity contribution in [3.8, 4) is 6.07 Å². The van der Waals surface area contributed by atoms with Crippen molar-refractivity contribution < 1.29 is 14.2 Å². The minimum atomic E-state index is -0.399. The first kappa shape index (κ1) is 19.0. The molecule has 0 fully saturated rings. The van der Waals surface area contributed by atoms with E-state index in [1.165, 1.54) is 0 Å². The second kappa shape index (κ2) is 8.72. The van der Waals surface area contributed by atoms with E-state index in [0.29, 0.717) is 42.8 Å². The summed E-state index contributed by atoms with van der Waals surface area (Å²) in [6.45, 7) is 2.15. The van der Waals surface area contributed by atoms with Crippen molar-refractivity contribution >= 4 is 17.5 Å². The lowest BCUT2D eigenvalue weighted by Gasteiger charge is -2.04. The molecular formula is C17H18N8O3. The summed E-state index contributed by atoms with van der Waals surface area (Å²) >= 11 is 0. The molecular weight excluding hydrogens is 364 g/mol. The zero-order valence-electron chi connectivity index (χ0n) is 15.2. The van der Waals surface area contributed by atoms with Crippen LogP contribution < -0.4 is 10.6 Å². The Hall–Kier alpha value is -3.81. The van der Waals surface area contributed by atoms with E-state index in [0.717, 1.165) is 5.56 Å². The Balaban J connectivity index is 1.57. The van der Waals surface area contributed by atoms with E-state index in [9.17, 15) is 9.59 Å². The van der Waals surface area contributed by atoms with Gasteiger partial charge in [0.2, 0.25) is 5.91 Å². The molecule has 0 atom stereocenters. The summed E-state index contributed by atoms with van der Waals surface area (Å²) in [5, 5.41) is 25.3. The molecule has 28 heavy (non-hydrogen) atoms. The maximum Gasteiger partial charge on any atom is 0.275 e. The summed E-state index contributed by atoms with van der Waals surface area (Å²) in [7, 11) is 0. The summed E-state index contributed by atoms with van der Waals surface area (Å²) in [4.78, 5) is 28.2. The van der Waals surface area contributed by atoms with Crippen LogP contribution in [0.1, 0.15) is 46.7 Å². The average Bonchev–Trinajstić information content (AvgIpc) is 3.30. The molecule has 144 valence electrons. The molecule has 3 aromatic rings. The van der Waals surface area contributed by atoms with Crippen molar-refractivity contribution in [2.45, 2.75) is 39.3 Å². The number of hydrogen-bond donors (Lipinski definition) is 2. The van der Waals surface area contributed by atoms with Gasteiger partial charge < -0.3 is 10.6 Å². The molecule has 0 aromatic carbocycles. The molecule has 11 nitrogen and oxygen atoms in total. The summed E-state index contributed by atoms with van der Waals surface area (Å²) in [6, 6.07) is 3.81. The van der Waals surface area contributed by atoms with Crippen molar-refractivity contribution in [1.82, 2.24) is 35.5 Å². The number of aryl methyl sites for hydroxylation is 1. The zero-order chi connectivity index (χ0) is 19.9. The van der Waals surface area contributed by atoms with E-state index >= 15 is 0 Å². The number of rotatable bonds is 8. The molecule has 11 heteroatoms. The maximum atomic E-state index is 12.0. The fraction of sp³-hybridized carbons (Fsp3) is 0.353. The molecule has 0 radical (unpaired) electrons. The lowest BCUT2D eigenvalue weighted by Crippen LogP contribution is -2.24. The summed E-state index contributed by atoms with van der Waals surface area (Å²) in [5.41, 5.74) is 2.56. The van der Waals surface area contributed by atoms with Crippen LogP contribution in [0.15, 0.2) is 23.1 Å². The van der Waals surface area contributed by atoms with Crippen LogP contribution >= 0.6 is 0 Å². The monoisotopic (exact) mass is 382 g/mol. The summed E-state index contributed by atoms with van der Waals surface area (Å²) in [5.74, 6) is -0.511. The molecule has 0 unspecified atom stereocenters. The molecule has 0 aliphatic rings. The normalized spacial score (nSPS) is 10.6. The zero-order valence-corrected chi connectivity index (χ0v) is 15.2. The van der Waals surface area contributed by atoms with Gasteiger partial charge in [-0.15, -0.1) is 0 Å². The Morgan fingerprint density at radius 3 is 2.89 bits per heavy atom. The smallest absolute Gasteiger partial charge is 0.275 e. The van der Waals surface area contributed by atoms with Crippen LogP contribution in [0.5, 0.6) is 0 Å². The van der Waals surface area contributed by atoms with Crippen molar-refractivity contribution in [3.05, 3.63) is 41.1 Å². The molecule has 0 saturated heterocycles. The van der Waals surface area contributed by atoms with Crippen molar-refractivity contribution in [1.29, 1.82) is 5.26 Å². The van der Waals surface area contributed by atoms with Crippen molar-refractivity contribution in [2.24, 2.45) is 0 Å². The number of carbonyl (C=O) groups is 2. The van der Waals surface area contributed by atoms with Gasteiger partial charge in [-0.2, -0.15) is 10.4 Å². The Bertz CT molecular complexity index is 1030. The van der Waals surface area contributed by atoms with Gasteiger partial charge in [-0.25, -0.2) is 14.1 Å². The topological polar surface area (TPSA) is 151 Å². The van der Waals surface area contributed by atoms with Crippen molar-refractivity contribution in [3.63, 3.8) is 0 Å². The first-order chi connectivity index (χ1) is 13.6. The number of fused-ring (bicyclic) bond motifs is 1. The number of imidazole rings is 1. The fourth-order valence-electron chi connectivity index (χ4n) is 2.46. The molecule has 2 N–H and O–H groups in total. The third kappa shape index (κ3) is 4.67. The van der Waals surface area contributed by atoms with E-state index < -0.39 is 5.91 Å². The second-order valence-electron chi connectivity index (χ2n) is 6.07. The number of nitriles is 1. The van der Waals surface area contributed by atoms with Gasteiger partial charge in [-0.3, -0.25) is 9.59 Å². The van der Waals surface area contributed by atoms with Crippen LogP contribution in [0.25, 0.3) is 5.65 Å². The van der Waals surface area contributed by atoms with Gasteiger partial charge in [0.1, 0.15) is 5.69 Å². The Morgan fingerprint density at radius 1 is 1.29 bits per heavy atom. The Kier molecular flexibility index (Phi) is 5.91. The van der Waals surface area contributed by atoms with Crippen LogP contribution in [-0.2, 0) is 17.9 Å². The van der Waals surface area contributed by atoms with E-state index in [-0.39, 0.29) is 18.1 Å². The third-order valence-corrected chi connectivity index (χ3v) is 3.91. The molecule has 0 bridgehead atoms. The number of aromatic nitrogens is 5. The summed E-state index contributed by atoms with van der Waals surface area (Å²) in [6.07, 6.45) is 4.56. The SMILES string of the molecule is Cc1nonc1C(=O)NCc1cn2ncc(CNC(=O)CCCC#N)cc2n1. The van der Waals surface area contributed by atoms with Crippen LogP contribution in [0, 0.1) is 18.3 Å². The van der Waals surface area contributed by atoms with Gasteiger partial charge in [-0.05, 0) is 30.1 Å². The maximum absolute atomic E-state index is 12.0. The number of nitrogens with zero attached hydrogens (tertiary/aromatic N) is 6. The predicted octanol–water partition coefficient (Wildman–Crippen LogP) is 0.661. The average molecular weight is 382 g/mol. The number of carbonyl (C=O) groups excluding carboxylic acids is 2. The van der Waals surface area contributed by atoms with E-state index in [2.05, 4.69) is 35.7 Å². The minimum absolute atomic E-state index is 0.112. The van der Waals surface area contributed by atoms with Gasteiger partial charge in [0.15, 0.2) is 11.3 Å². The van der Waals surface area contributed by atoms with Crippen molar-refractivity contribution in [2.75, 3.05) is 0 Å². The summed E-state index contributed by atoms with van der Waals surface area (Å²) < 4.78 is 6.10. The van der Waals surface area contributed by atoms with E-state index in [4.69, 9.17) is 5.26 Å². The number of amides is 2. The molecule has 2 amide bonds. The standard InChI is InChI=1S/C17H18N8O3/c1-11-16(24-28-23-11)17(27)20-9-13-10-25-14(22-13)6-12(8-21-25)7-19-15(26)4-2-3-5-18/h6,8,10H,2-4,7,9H2,1H3,(H,19,26)(H,20,27). The van der Waals surface area contributed by atoms with Gasteiger partial charge in [0, 0.05) is 19.4 Å². The number of nitrogens with one attached hydrogen (secondary N) is 2. The highest BCUT2D eigenvalue weighted by Gasteiger charge is 2.15. The van der Waals surface area contributed by atoms with Gasteiger partial charge in [-0.1, -0.05) is 5.16 Å². The molecule has 0 saturated carbocycles. The van der Waals surface area contributed by atoms with Gasteiger partial charge in [0.25, 0.3) is 5.91 Å². The fourth-order valence-corrected chi connectivity index (χ4v) is 2.46. The minimum Gasteiger partial charge on any atom is -0.352 e. The quantitative estimate of drug-likeness (QED) is 0.539. The highest BCUT2D eigenvalue weighted by atomic mass is 16.6. The Morgan fingerprint density at radius 2 is 2.14 bits per heavy atom. The predicted molar refractivity (Wildman–Crippen MR) is 94.5 cm³/mol. The molecule has 3 rings (SSSR count). The molecule has 3 aromatic heterocycles. The van der Waals surface area contributed by atoms with Crippen LogP contribution in [0.4, 0.5) is 0 Å². The first-order valence-corrected chi connectivity index (χ1v) is 8.61.